The van der Waals surface area contributed by atoms with E-state index in [2.05, 4.69) is 196 Å². The minimum atomic E-state index is -0.251. The monoisotopic (exact) mass is 624 g/mol. The van der Waals surface area contributed by atoms with Gasteiger partial charge in [0.05, 0.1) is 11.1 Å². The van der Waals surface area contributed by atoms with E-state index in [4.69, 9.17) is 0 Å². The first-order valence-corrected chi connectivity index (χ1v) is 17.5. The molecule has 0 spiro atoms. The number of para-hydroxylation sites is 4. The van der Waals surface area contributed by atoms with Crippen LogP contribution in [0.25, 0.3) is 11.1 Å². The van der Waals surface area contributed by atoms with Crippen LogP contribution in [0.3, 0.4) is 0 Å². The maximum absolute atomic E-state index is 2.57. The fourth-order valence-corrected chi connectivity index (χ4v) is 8.60. The van der Waals surface area contributed by atoms with Gasteiger partial charge >= 0.3 is 0 Å². The Hall–Kier alpha value is -5.08. The van der Waals surface area contributed by atoms with E-state index in [9.17, 15) is 0 Å². The summed E-state index contributed by atoms with van der Waals surface area (Å²) in [5.74, 6) is 0. The SMILES string of the molecule is CCC(C)(c1ccc2c(c1)C(C)(C)c1cc3c(cc1-2)C3(CC)N(c1ccccc1)c1ccccc1)N(c1ccccc1)c1ccccc1. The predicted octanol–water partition coefficient (Wildman–Crippen LogP) is 12.3. The van der Waals surface area contributed by atoms with Crippen molar-refractivity contribution in [3.63, 3.8) is 0 Å². The third-order valence-corrected chi connectivity index (χ3v) is 11.4. The molecular weight excluding hydrogens is 581 g/mol. The third kappa shape index (κ3) is 4.39. The highest BCUT2D eigenvalue weighted by atomic mass is 15.2. The average molecular weight is 625 g/mol. The second-order valence-corrected chi connectivity index (χ2v) is 14.2. The zero-order valence-corrected chi connectivity index (χ0v) is 28.7. The molecule has 2 atom stereocenters. The summed E-state index contributed by atoms with van der Waals surface area (Å²) < 4.78 is 0. The third-order valence-electron chi connectivity index (χ3n) is 11.4. The van der Waals surface area contributed by atoms with Gasteiger partial charge in [0.1, 0.15) is 0 Å². The molecule has 2 aliphatic rings. The fraction of sp³-hybridized carbons (Fsp3) is 0.217. The first-order chi connectivity index (χ1) is 23.3. The van der Waals surface area contributed by atoms with Crippen LogP contribution in [0.4, 0.5) is 22.7 Å². The summed E-state index contributed by atoms with van der Waals surface area (Å²) in [5.41, 5.74) is 14.2. The molecule has 0 saturated carbocycles. The lowest BCUT2D eigenvalue weighted by Gasteiger charge is -2.43. The Morgan fingerprint density at radius 2 is 0.958 bits per heavy atom. The second-order valence-electron chi connectivity index (χ2n) is 14.2. The molecule has 0 radical (unpaired) electrons. The van der Waals surface area contributed by atoms with Crippen LogP contribution in [0.15, 0.2) is 152 Å². The molecule has 238 valence electrons. The minimum Gasteiger partial charge on any atom is -0.331 e. The summed E-state index contributed by atoms with van der Waals surface area (Å²) in [4.78, 5) is 5.10. The molecule has 48 heavy (non-hydrogen) atoms. The smallest absolute Gasteiger partial charge is 0.0960 e. The molecule has 0 aromatic heterocycles. The molecule has 2 nitrogen and oxygen atoms in total. The lowest BCUT2D eigenvalue weighted by Crippen LogP contribution is -2.40. The van der Waals surface area contributed by atoms with Crippen LogP contribution in [0.2, 0.25) is 0 Å². The number of hydrogen-bond acceptors (Lipinski definition) is 2. The van der Waals surface area contributed by atoms with Crippen LogP contribution in [0.5, 0.6) is 0 Å². The van der Waals surface area contributed by atoms with Crippen molar-refractivity contribution in [1.29, 1.82) is 0 Å². The van der Waals surface area contributed by atoms with Gasteiger partial charge in [-0.05, 0) is 113 Å². The van der Waals surface area contributed by atoms with Crippen molar-refractivity contribution in [3.05, 3.63) is 179 Å². The number of fused-ring (bicyclic) bond motifs is 4. The molecule has 0 heterocycles. The summed E-state index contributed by atoms with van der Waals surface area (Å²) in [7, 11) is 0. The highest BCUT2D eigenvalue weighted by molar-refractivity contribution is 5.87. The van der Waals surface area contributed by atoms with Crippen LogP contribution in [0, 0.1) is 0 Å². The van der Waals surface area contributed by atoms with E-state index < -0.39 is 0 Å². The van der Waals surface area contributed by atoms with E-state index >= 15 is 0 Å². The van der Waals surface area contributed by atoms with Crippen LogP contribution < -0.4 is 9.80 Å². The summed E-state index contributed by atoms with van der Waals surface area (Å²) in [6.45, 7) is 11.9. The van der Waals surface area contributed by atoms with Crippen molar-refractivity contribution >= 4 is 22.7 Å². The van der Waals surface area contributed by atoms with Crippen LogP contribution in [-0.2, 0) is 16.5 Å². The molecule has 0 aliphatic heterocycles. The quantitative estimate of drug-likeness (QED) is 0.158. The summed E-state index contributed by atoms with van der Waals surface area (Å²) >= 11 is 0. The summed E-state index contributed by atoms with van der Waals surface area (Å²) in [6, 6.07) is 55.9. The van der Waals surface area contributed by atoms with Crippen LogP contribution >= 0.6 is 0 Å². The second kappa shape index (κ2) is 11.3. The van der Waals surface area contributed by atoms with Gasteiger partial charge in [-0.15, -0.1) is 0 Å². The zero-order chi connectivity index (χ0) is 33.1. The van der Waals surface area contributed by atoms with Gasteiger partial charge in [-0.3, -0.25) is 0 Å². The standard InChI is InChI=1S/C46H44N2/c1-6-45(5,47(34-20-12-8-13-21-34)35-22-14-9-15-23-35)33-28-29-38-39-31-42-43(32-41(39)44(3,4)40(38)30-33)46(42,7-2)48(36-24-16-10-17-25-36)37-26-18-11-19-27-37/h8-32H,6-7H2,1-5H3. The van der Waals surface area contributed by atoms with Gasteiger partial charge in [0.25, 0.3) is 0 Å². The normalized spacial score (nSPS) is 17.9. The molecule has 0 amide bonds. The Balaban J connectivity index is 1.24. The Labute approximate surface area is 286 Å². The largest absolute Gasteiger partial charge is 0.331 e. The molecule has 6 aromatic carbocycles. The Bertz CT molecular complexity index is 2010. The van der Waals surface area contributed by atoms with E-state index in [1.54, 1.807) is 0 Å². The van der Waals surface area contributed by atoms with Crippen molar-refractivity contribution < 1.29 is 0 Å². The van der Waals surface area contributed by atoms with E-state index in [0.29, 0.717) is 0 Å². The molecular formula is C46H44N2. The zero-order valence-electron chi connectivity index (χ0n) is 28.7. The molecule has 0 N–H and O–H groups in total. The predicted molar refractivity (Wildman–Crippen MR) is 203 cm³/mol. The fourth-order valence-electron chi connectivity index (χ4n) is 8.60. The average Bonchev–Trinajstić information content (AvgIpc) is 3.72. The van der Waals surface area contributed by atoms with Gasteiger partial charge in [0.15, 0.2) is 0 Å². The lowest BCUT2D eigenvalue weighted by atomic mass is 9.79. The topological polar surface area (TPSA) is 6.48 Å². The molecule has 6 aromatic rings. The molecule has 0 saturated heterocycles. The molecule has 2 heteroatoms. The van der Waals surface area contributed by atoms with E-state index in [1.165, 1.54) is 61.7 Å². The maximum atomic E-state index is 2.57. The number of rotatable bonds is 9. The lowest BCUT2D eigenvalue weighted by molar-refractivity contribution is 0.462. The van der Waals surface area contributed by atoms with Crippen LogP contribution in [0.1, 0.15) is 75.3 Å². The van der Waals surface area contributed by atoms with Crippen molar-refractivity contribution in [1.82, 2.24) is 0 Å². The van der Waals surface area contributed by atoms with E-state index in [-0.39, 0.29) is 16.5 Å². The van der Waals surface area contributed by atoms with Gasteiger partial charge in [0, 0.05) is 28.2 Å². The first kappa shape index (κ1) is 30.3. The van der Waals surface area contributed by atoms with Crippen molar-refractivity contribution in [2.45, 2.75) is 64.0 Å². The molecule has 0 bridgehead atoms. The molecule has 0 fully saturated rings. The molecule has 8 rings (SSSR count). The van der Waals surface area contributed by atoms with Gasteiger partial charge in [-0.2, -0.15) is 0 Å². The minimum absolute atomic E-state index is 0.124. The molecule has 2 aliphatic carbocycles. The number of nitrogens with zero attached hydrogens (tertiary/aromatic N) is 2. The number of anilines is 4. The number of hydrogen-bond donors (Lipinski definition) is 0. The van der Waals surface area contributed by atoms with Crippen LogP contribution in [-0.4, -0.2) is 0 Å². The van der Waals surface area contributed by atoms with Gasteiger partial charge < -0.3 is 9.80 Å². The summed E-state index contributed by atoms with van der Waals surface area (Å²) in [5, 5.41) is 0. The highest BCUT2D eigenvalue weighted by Gasteiger charge is 2.56. The summed E-state index contributed by atoms with van der Waals surface area (Å²) in [6.07, 6.45) is 1.97. The Kier molecular flexibility index (Phi) is 7.11. The van der Waals surface area contributed by atoms with Crippen molar-refractivity contribution in [2.75, 3.05) is 9.80 Å². The number of benzene rings is 6. The highest BCUT2D eigenvalue weighted by Crippen LogP contribution is 2.63. The van der Waals surface area contributed by atoms with E-state index in [0.717, 1.165) is 12.8 Å². The van der Waals surface area contributed by atoms with Gasteiger partial charge in [-0.1, -0.05) is 125 Å². The van der Waals surface area contributed by atoms with Gasteiger partial charge in [0.2, 0.25) is 0 Å². The van der Waals surface area contributed by atoms with Crippen molar-refractivity contribution in [3.8, 4) is 11.1 Å². The Morgan fingerprint density at radius 1 is 0.500 bits per heavy atom. The van der Waals surface area contributed by atoms with Gasteiger partial charge in [-0.25, -0.2) is 0 Å². The molecule has 2 unspecified atom stereocenters. The first-order valence-electron chi connectivity index (χ1n) is 17.5. The van der Waals surface area contributed by atoms with Crippen molar-refractivity contribution in [2.24, 2.45) is 0 Å². The van der Waals surface area contributed by atoms with E-state index in [1.807, 2.05) is 0 Å². The maximum Gasteiger partial charge on any atom is 0.0960 e. The Morgan fingerprint density at radius 3 is 1.44 bits per heavy atom.